The minimum atomic E-state index is 0.206. The summed E-state index contributed by atoms with van der Waals surface area (Å²) < 4.78 is 2.13. The zero-order chi connectivity index (χ0) is 19.3. The summed E-state index contributed by atoms with van der Waals surface area (Å²) in [6.07, 6.45) is 4.93. The van der Waals surface area contributed by atoms with Crippen molar-refractivity contribution in [3.8, 4) is 0 Å². The molecule has 154 valence electrons. The van der Waals surface area contributed by atoms with Crippen LogP contribution in [0.3, 0.4) is 0 Å². The number of piperidine rings is 1. The van der Waals surface area contributed by atoms with E-state index in [4.69, 9.17) is 0 Å². The fraction of sp³-hybridized carbons (Fsp3) is 0.682. The lowest BCUT2D eigenvalue weighted by atomic mass is 9.92. The smallest absolute Gasteiger partial charge is 0.253 e. The van der Waals surface area contributed by atoms with Crippen LogP contribution in [0.2, 0.25) is 0 Å². The Hall–Kier alpha value is -1.08. The molecule has 0 N–H and O–H groups in total. The first-order chi connectivity index (χ1) is 13.7. The summed E-state index contributed by atoms with van der Waals surface area (Å²) >= 11 is 4.44. The molecule has 4 rings (SSSR count). The number of rotatable bonds is 6. The molecule has 3 aliphatic heterocycles. The van der Waals surface area contributed by atoms with Gasteiger partial charge >= 0.3 is 0 Å². The number of hydrogen-bond donors (Lipinski definition) is 1. The Morgan fingerprint density at radius 1 is 1.00 bits per heavy atom. The van der Waals surface area contributed by atoms with E-state index in [1.54, 1.807) is 0 Å². The normalized spacial score (nSPS) is 25.6. The Kier molecular flexibility index (Phi) is 6.94. The molecule has 0 aromatic heterocycles. The van der Waals surface area contributed by atoms with E-state index in [9.17, 15) is 4.79 Å². The van der Waals surface area contributed by atoms with Gasteiger partial charge in [0.25, 0.3) is 5.91 Å². The first kappa shape index (κ1) is 20.2. The van der Waals surface area contributed by atoms with Crippen LogP contribution in [0, 0.1) is 5.92 Å². The van der Waals surface area contributed by atoms with Crippen molar-refractivity contribution in [2.45, 2.75) is 31.7 Å². The summed E-state index contributed by atoms with van der Waals surface area (Å²) in [6, 6.07) is 10.5. The lowest BCUT2D eigenvalue weighted by Gasteiger charge is -2.47. The molecule has 1 atom stereocenters. The molecule has 1 unspecified atom stereocenters. The minimum Gasteiger partial charge on any atom is -0.338 e. The van der Waals surface area contributed by atoms with Crippen molar-refractivity contribution in [3.63, 3.8) is 0 Å². The summed E-state index contributed by atoms with van der Waals surface area (Å²) in [4.78, 5) is 20.0. The van der Waals surface area contributed by atoms with E-state index in [-0.39, 0.29) is 5.91 Å². The number of thiol groups is 1. The average Bonchev–Trinajstić information content (AvgIpc) is 2.71. The molecule has 0 saturated carbocycles. The van der Waals surface area contributed by atoms with Gasteiger partial charge in [-0.15, -0.1) is 0 Å². The highest BCUT2D eigenvalue weighted by atomic mass is 32.1. The first-order valence-corrected chi connectivity index (χ1v) is 11.3. The Morgan fingerprint density at radius 3 is 2.50 bits per heavy atom. The third-order valence-electron chi connectivity index (χ3n) is 6.66. The number of piperazine rings is 1. The van der Waals surface area contributed by atoms with Crippen molar-refractivity contribution < 1.29 is 4.79 Å². The number of nitrogens with zero attached hydrogens (tertiary/aromatic N) is 4. The maximum absolute atomic E-state index is 12.7. The van der Waals surface area contributed by atoms with Gasteiger partial charge in [-0.25, -0.2) is 0 Å². The first-order valence-electron chi connectivity index (χ1n) is 10.9. The molecule has 3 heterocycles. The molecule has 1 amide bonds. The molecule has 3 fully saturated rings. The molecule has 5 nitrogen and oxygen atoms in total. The van der Waals surface area contributed by atoms with E-state index >= 15 is 0 Å². The van der Waals surface area contributed by atoms with Gasteiger partial charge in [-0.05, 0) is 50.3 Å². The highest BCUT2D eigenvalue weighted by Crippen LogP contribution is 2.24. The van der Waals surface area contributed by atoms with E-state index in [0.29, 0.717) is 5.92 Å². The molecule has 0 bridgehead atoms. The van der Waals surface area contributed by atoms with Crippen molar-refractivity contribution in [3.05, 3.63) is 35.9 Å². The fourth-order valence-corrected chi connectivity index (χ4v) is 5.06. The molecule has 28 heavy (non-hydrogen) atoms. The van der Waals surface area contributed by atoms with Crippen LogP contribution in [0.5, 0.6) is 0 Å². The highest BCUT2D eigenvalue weighted by Gasteiger charge is 2.33. The van der Waals surface area contributed by atoms with Gasteiger partial charge < -0.3 is 9.80 Å². The van der Waals surface area contributed by atoms with Gasteiger partial charge in [0.2, 0.25) is 0 Å². The third-order valence-corrected chi connectivity index (χ3v) is 7.06. The number of benzene rings is 1. The van der Waals surface area contributed by atoms with Crippen LogP contribution in [-0.2, 0) is 0 Å². The zero-order valence-electron chi connectivity index (χ0n) is 16.9. The van der Waals surface area contributed by atoms with Gasteiger partial charge in [-0.2, -0.15) is 0 Å². The number of carbonyl (C=O) groups is 1. The number of amides is 1. The van der Waals surface area contributed by atoms with E-state index in [1.165, 1.54) is 38.9 Å². The van der Waals surface area contributed by atoms with E-state index in [1.807, 2.05) is 30.3 Å². The highest BCUT2D eigenvalue weighted by molar-refractivity contribution is 7.77. The monoisotopic (exact) mass is 402 g/mol. The van der Waals surface area contributed by atoms with Gasteiger partial charge in [0.05, 0.1) is 0 Å². The van der Waals surface area contributed by atoms with Crippen LogP contribution in [-0.4, -0.2) is 89.9 Å². The summed E-state index contributed by atoms with van der Waals surface area (Å²) in [5.74, 6) is 0.874. The molecule has 3 aliphatic rings. The maximum atomic E-state index is 12.7. The Bertz CT molecular complexity index is 629. The minimum absolute atomic E-state index is 0.206. The summed E-state index contributed by atoms with van der Waals surface area (Å²) in [6.45, 7) is 10.0. The van der Waals surface area contributed by atoms with Crippen molar-refractivity contribution in [2.75, 3.05) is 58.9 Å². The van der Waals surface area contributed by atoms with E-state index in [2.05, 4.69) is 31.8 Å². The Labute approximate surface area is 175 Å². The van der Waals surface area contributed by atoms with Gasteiger partial charge in [0.15, 0.2) is 0 Å². The quantitative estimate of drug-likeness (QED) is 0.741. The molecule has 6 heteroatoms. The molecule has 0 radical (unpaired) electrons. The van der Waals surface area contributed by atoms with Gasteiger partial charge in [0.1, 0.15) is 0 Å². The number of likely N-dealkylation sites (tertiary alicyclic amines) is 2. The standard InChI is InChI=1S/C22H34N4OS/c27-22(20-8-2-1-3-9-20)25-11-5-7-19(16-25)6-4-10-23-17-21(18-23)24-12-14-26(28)15-13-24/h1-3,8-9,19,21,28H,4-7,10-18H2. The third kappa shape index (κ3) is 5.09. The molecule has 1 aromatic carbocycles. The van der Waals surface area contributed by atoms with Crippen LogP contribution in [0.15, 0.2) is 30.3 Å². The van der Waals surface area contributed by atoms with Crippen molar-refractivity contribution in [2.24, 2.45) is 5.92 Å². The molecule has 0 spiro atoms. The van der Waals surface area contributed by atoms with Gasteiger partial charge in [0, 0.05) is 64.0 Å². The van der Waals surface area contributed by atoms with Gasteiger partial charge in [-0.1, -0.05) is 31.0 Å². The molecule has 3 saturated heterocycles. The van der Waals surface area contributed by atoms with E-state index in [0.717, 1.165) is 57.3 Å². The second kappa shape index (κ2) is 9.61. The SMILES string of the molecule is O=C(c1ccccc1)N1CCCC(CCCN2CC(N3CCN(S)CC3)C2)C1. The fourth-order valence-electron chi connectivity index (χ4n) is 4.88. The van der Waals surface area contributed by atoms with Crippen LogP contribution in [0.25, 0.3) is 0 Å². The lowest BCUT2D eigenvalue weighted by Crippen LogP contribution is -2.62. The molecule has 0 aliphatic carbocycles. The Morgan fingerprint density at radius 2 is 1.75 bits per heavy atom. The lowest BCUT2D eigenvalue weighted by molar-refractivity contribution is 0.0167. The summed E-state index contributed by atoms with van der Waals surface area (Å²) in [5, 5.41) is 0. The molecular weight excluding hydrogens is 368 g/mol. The zero-order valence-corrected chi connectivity index (χ0v) is 17.8. The van der Waals surface area contributed by atoms with Crippen LogP contribution in [0.4, 0.5) is 0 Å². The van der Waals surface area contributed by atoms with E-state index < -0.39 is 0 Å². The van der Waals surface area contributed by atoms with Crippen molar-refractivity contribution in [1.82, 2.24) is 19.0 Å². The second-order valence-electron chi connectivity index (χ2n) is 8.67. The molecular formula is C22H34N4OS. The largest absolute Gasteiger partial charge is 0.338 e. The van der Waals surface area contributed by atoms with Gasteiger partial charge in [-0.3, -0.25) is 14.0 Å². The van der Waals surface area contributed by atoms with Crippen molar-refractivity contribution >= 4 is 18.7 Å². The topological polar surface area (TPSA) is 30.0 Å². The van der Waals surface area contributed by atoms with Crippen molar-refractivity contribution in [1.29, 1.82) is 0 Å². The Balaban J connectivity index is 1.14. The maximum Gasteiger partial charge on any atom is 0.253 e. The van der Waals surface area contributed by atoms with Crippen LogP contribution >= 0.6 is 12.8 Å². The average molecular weight is 403 g/mol. The van der Waals surface area contributed by atoms with Crippen LogP contribution in [0.1, 0.15) is 36.0 Å². The predicted molar refractivity (Wildman–Crippen MR) is 117 cm³/mol. The van der Waals surface area contributed by atoms with Crippen LogP contribution < -0.4 is 0 Å². The summed E-state index contributed by atoms with van der Waals surface area (Å²) in [7, 11) is 0. The molecule has 1 aromatic rings. The number of carbonyl (C=O) groups excluding carboxylic acids is 1. The second-order valence-corrected chi connectivity index (χ2v) is 9.24. The number of hydrogen-bond acceptors (Lipinski definition) is 5. The summed E-state index contributed by atoms with van der Waals surface area (Å²) in [5.41, 5.74) is 0.827. The predicted octanol–water partition coefficient (Wildman–Crippen LogP) is 2.47.